The molecule has 0 heterocycles. The molecule has 0 bridgehead atoms. The molecule has 8 heteroatoms. The number of hydrogen-bond donors (Lipinski definition) is 2. The van der Waals surface area contributed by atoms with Gasteiger partial charge in [0, 0.05) is 23.8 Å². The Balaban J connectivity index is 2.61. The van der Waals surface area contributed by atoms with Crippen molar-refractivity contribution in [3.63, 3.8) is 0 Å². The van der Waals surface area contributed by atoms with Crippen molar-refractivity contribution in [1.82, 2.24) is 10.2 Å². The largest absolute Gasteiger partial charge is 0.452 e. The summed E-state index contributed by atoms with van der Waals surface area (Å²) >= 11 is 5.80. The summed E-state index contributed by atoms with van der Waals surface area (Å²) in [4.78, 5) is 36.8. The molecule has 0 aliphatic rings. The predicted octanol–water partition coefficient (Wildman–Crippen LogP) is 1.06. The Morgan fingerprint density at radius 1 is 1.30 bits per heavy atom. The van der Waals surface area contributed by atoms with Gasteiger partial charge in [-0.2, -0.15) is 0 Å². The van der Waals surface area contributed by atoms with Crippen LogP contribution in [0.2, 0.25) is 5.02 Å². The zero-order chi connectivity index (χ0) is 17.4. The second-order valence-corrected chi connectivity index (χ2v) is 5.11. The number of carbonyl (C=O) groups excluding carboxylic acids is 3. The van der Waals surface area contributed by atoms with Crippen molar-refractivity contribution in [2.24, 2.45) is 0 Å². The quantitative estimate of drug-likeness (QED) is 0.570. The van der Waals surface area contributed by atoms with Crippen LogP contribution in [0.4, 0.5) is 5.69 Å². The fourth-order valence-electron chi connectivity index (χ4n) is 1.80. The van der Waals surface area contributed by atoms with Gasteiger partial charge in [0.05, 0.1) is 12.1 Å². The van der Waals surface area contributed by atoms with Crippen LogP contribution >= 0.6 is 11.6 Å². The number of hydrogen-bond acceptors (Lipinski definition) is 5. The number of nitrogen functional groups attached to an aromatic ring is 1. The standard InChI is InChI=1S/C15H20ClN3O4/c1-3-18-13(20)8-19(4-2)14(21)9-23-15(22)11-7-10(16)5-6-12(11)17/h5-7H,3-4,8-9,17H2,1-2H3,(H,18,20). The Labute approximate surface area is 139 Å². The van der Waals surface area contributed by atoms with Gasteiger partial charge in [0.15, 0.2) is 6.61 Å². The van der Waals surface area contributed by atoms with E-state index in [0.29, 0.717) is 18.1 Å². The summed E-state index contributed by atoms with van der Waals surface area (Å²) in [5.74, 6) is -1.48. The first-order valence-electron chi connectivity index (χ1n) is 7.15. The van der Waals surface area contributed by atoms with E-state index < -0.39 is 18.5 Å². The zero-order valence-electron chi connectivity index (χ0n) is 13.1. The van der Waals surface area contributed by atoms with Gasteiger partial charge in [-0.3, -0.25) is 9.59 Å². The molecule has 2 amide bonds. The van der Waals surface area contributed by atoms with Gasteiger partial charge in [0.2, 0.25) is 5.91 Å². The summed E-state index contributed by atoms with van der Waals surface area (Å²) in [5, 5.41) is 2.93. The molecule has 1 rings (SSSR count). The minimum Gasteiger partial charge on any atom is -0.452 e. The SMILES string of the molecule is CCNC(=O)CN(CC)C(=O)COC(=O)c1cc(Cl)ccc1N. The van der Waals surface area contributed by atoms with Crippen LogP contribution in [0.5, 0.6) is 0 Å². The summed E-state index contributed by atoms with van der Waals surface area (Å²) in [6.07, 6.45) is 0. The Kier molecular flexibility index (Phi) is 7.34. The van der Waals surface area contributed by atoms with Crippen LogP contribution in [-0.2, 0) is 14.3 Å². The molecule has 0 unspecified atom stereocenters. The van der Waals surface area contributed by atoms with Gasteiger partial charge in [0.1, 0.15) is 0 Å². The highest BCUT2D eigenvalue weighted by molar-refractivity contribution is 6.31. The molecule has 0 atom stereocenters. The van der Waals surface area contributed by atoms with E-state index in [1.807, 2.05) is 0 Å². The Morgan fingerprint density at radius 2 is 2.00 bits per heavy atom. The number of nitrogens with one attached hydrogen (secondary N) is 1. The van der Waals surface area contributed by atoms with Crippen LogP contribution in [0.25, 0.3) is 0 Å². The van der Waals surface area contributed by atoms with E-state index in [4.69, 9.17) is 22.1 Å². The van der Waals surface area contributed by atoms with Gasteiger partial charge in [-0.05, 0) is 32.0 Å². The molecular weight excluding hydrogens is 322 g/mol. The maximum absolute atomic E-state index is 12.0. The molecule has 126 valence electrons. The first-order valence-corrected chi connectivity index (χ1v) is 7.53. The van der Waals surface area contributed by atoms with E-state index in [9.17, 15) is 14.4 Å². The molecule has 0 spiro atoms. The lowest BCUT2D eigenvalue weighted by Crippen LogP contribution is -2.42. The van der Waals surface area contributed by atoms with Crippen molar-refractivity contribution in [1.29, 1.82) is 0 Å². The summed E-state index contributed by atoms with van der Waals surface area (Å²) in [5.41, 5.74) is 5.98. The number of amides is 2. The average molecular weight is 342 g/mol. The number of likely N-dealkylation sites (N-methyl/N-ethyl adjacent to an activating group) is 2. The molecule has 3 N–H and O–H groups in total. The third-order valence-corrected chi connectivity index (χ3v) is 3.24. The van der Waals surface area contributed by atoms with Gasteiger partial charge >= 0.3 is 5.97 Å². The average Bonchev–Trinajstić information content (AvgIpc) is 2.52. The number of nitrogens with zero attached hydrogens (tertiary/aromatic N) is 1. The van der Waals surface area contributed by atoms with Crippen molar-refractivity contribution in [2.45, 2.75) is 13.8 Å². The number of esters is 1. The fourth-order valence-corrected chi connectivity index (χ4v) is 1.98. The highest BCUT2D eigenvalue weighted by Crippen LogP contribution is 2.18. The van der Waals surface area contributed by atoms with Gasteiger partial charge < -0.3 is 20.7 Å². The molecule has 1 aromatic rings. The van der Waals surface area contributed by atoms with Gasteiger partial charge in [0.25, 0.3) is 5.91 Å². The van der Waals surface area contributed by atoms with E-state index >= 15 is 0 Å². The van der Waals surface area contributed by atoms with E-state index in [2.05, 4.69) is 5.32 Å². The first-order chi connectivity index (χ1) is 10.9. The minimum absolute atomic E-state index is 0.0833. The molecule has 1 aromatic carbocycles. The molecule has 0 aliphatic carbocycles. The molecule has 0 fully saturated rings. The first kappa shape index (κ1) is 18.8. The van der Waals surface area contributed by atoms with Crippen LogP contribution in [0.1, 0.15) is 24.2 Å². The van der Waals surface area contributed by atoms with E-state index in [0.717, 1.165) is 0 Å². The van der Waals surface area contributed by atoms with Crippen molar-refractivity contribution in [3.8, 4) is 0 Å². The molecule has 23 heavy (non-hydrogen) atoms. The molecule has 0 aliphatic heterocycles. The van der Waals surface area contributed by atoms with E-state index in [-0.39, 0.29) is 23.7 Å². The maximum Gasteiger partial charge on any atom is 0.340 e. The molecule has 0 saturated carbocycles. The number of rotatable bonds is 7. The molecule has 0 aromatic heterocycles. The molecule has 7 nitrogen and oxygen atoms in total. The highest BCUT2D eigenvalue weighted by Gasteiger charge is 2.18. The van der Waals surface area contributed by atoms with Crippen LogP contribution in [-0.4, -0.2) is 48.9 Å². The topological polar surface area (TPSA) is 102 Å². The minimum atomic E-state index is -0.743. The lowest BCUT2D eigenvalue weighted by molar-refractivity contribution is -0.138. The number of halogens is 1. The summed E-state index contributed by atoms with van der Waals surface area (Å²) in [6.45, 7) is 3.76. The van der Waals surface area contributed by atoms with Gasteiger partial charge in [-0.15, -0.1) is 0 Å². The summed E-state index contributed by atoms with van der Waals surface area (Å²) in [7, 11) is 0. The fraction of sp³-hybridized carbons (Fsp3) is 0.400. The number of anilines is 1. The lowest BCUT2D eigenvalue weighted by Gasteiger charge is -2.20. The third kappa shape index (κ3) is 5.78. The summed E-state index contributed by atoms with van der Waals surface area (Å²) < 4.78 is 4.95. The van der Waals surface area contributed by atoms with Crippen LogP contribution in [0.3, 0.4) is 0 Å². The maximum atomic E-state index is 12.0. The van der Waals surface area contributed by atoms with Crippen molar-refractivity contribution in [3.05, 3.63) is 28.8 Å². The second kappa shape index (κ2) is 8.99. The third-order valence-electron chi connectivity index (χ3n) is 3.00. The van der Waals surface area contributed by atoms with E-state index in [1.165, 1.54) is 17.0 Å². The Morgan fingerprint density at radius 3 is 2.61 bits per heavy atom. The van der Waals surface area contributed by atoms with Crippen molar-refractivity contribution >= 4 is 35.1 Å². The van der Waals surface area contributed by atoms with Crippen molar-refractivity contribution in [2.75, 3.05) is 32.0 Å². The molecule has 0 saturated heterocycles. The molecular formula is C15H20ClN3O4. The Bertz CT molecular complexity index is 592. The van der Waals surface area contributed by atoms with Crippen molar-refractivity contribution < 1.29 is 19.1 Å². The number of carbonyl (C=O) groups is 3. The van der Waals surface area contributed by atoms with Gasteiger partial charge in [-0.25, -0.2) is 4.79 Å². The van der Waals surface area contributed by atoms with Crippen LogP contribution in [0.15, 0.2) is 18.2 Å². The highest BCUT2D eigenvalue weighted by atomic mass is 35.5. The number of benzene rings is 1. The molecule has 0 radical (unpaired) electrons. The predicted molar refractivity (Wildman–Crippen MR) is 87.1 cm³/mol. The number of nitrogens with two attached hydrogens (primary N) is 1. The van der Waals surface area contributed by atoms with Crippen LogP contribution in [0, 0.1) is 0 Å². The zero-order valence-corrected chi connectivity index (χ0v) is 13.9. The summed E-state index contributed by atoms with van der Waals surface area (Å²) in [6, 6.07) is 4.40. The van der Waals surface area contributed by atoms with Crippen LogP contribution < -0.4 is 11.1 Å². The monoisotopic (exact) mass is 341 g/mol. The lowest BCUT2D eigenvalue weighted by atomic mass is 10.2. The normalized spacial score (nSPS) is 10.0. The smallest absolute Gasteiger partial charge is 0.340 e. The van der Waals surface area contributed by atoms with E-state index in [1.54, 1.807) is 19.9 Å². The second-order valence-electron chi connectivity index (χ2n) is 4.67. The number of ether oxygens (including phenoxy) is 1. The van der Waals surface area contributed by atoms with Gasteiger partial charge in [-0.1, -0.05) is 11.6 Å². The Hall–Kier alpha value is -2.28.